The van der Waals surface area contributed by atoms with E-state index in [0.29, 0.717) is 29.7 Å². The predicted octanol–water partition coefficient (Wildman–Crippen LogP) is 4.15. The first kappa shape index (κ1) is 21.6. The Hall–Kier alpha value is -3.61. The van der Waals surface area contributed by atoms with E-state index in [1.165, 1.54) is 6.20 Å². The third-order valence-corrected chi connectivity index (χ3v) is 5.63. The Labute approximate surface area is 182 Å². The number of aromatic nitrogens is 3. The Kier molecular flexibility index (Phi) is 5.99. The molecular weight excluding hydrogens is 421 g/mol. The molecule has 10 heteroatoms. The van der Waals surface area contributed by atoms with Crippen molar-refractivity contribution >= 4 is 22.6 Å². The molecule has 3 N–H and O–H groups in total. The Morgan fingerprint density at radius 1 is 1.22 bits per heavy atom. The molecule has 1 amide bonds. The lowest BCUT2D eigenvalue weighted by molar-refractivity contribution is -0.141. The molecule has 3 aromatic heterocycles. The molecule has 0 spiro atoms. The highest BCUT2D eigenvalue weighted by Crippen LogP contribution is 2.31. The van der Waals surface area contributed by atoms with Crippen molar-refractivity contribution in [3.63, 3.8) is 0 Å². The molecule has 0 aromatic carbocycles. The van der Waals surface area contributed by atoms with Gasteiger partial charge in [0.2, 0.25) is 5.91 Å². The number of pyridine rings is 2. The minimum absolute atomic E-state index is 0.288. The maximum Gasteiger partial charge on any atom is 0.405 e. The number of hydrogen-bond donors (Lipinski definition) is 3. The SMILES string of the molecule is N#Cc1cnc2[nH]cc(-c3cncc(N[C@@H]4CCCC[C@@H]4C(=O)NCC(F)(F)F)c3)c2c1. The van der Waals surface area contributed by atoms with Gasteiger partial charge < -0.3 is 15.6 Å². The Morgan fingerprint density at radius 2 is 2.03 bits per heavy atom. The fourth-order valence-electron chi connectivity index (χ4n) is 4.12. The summed E-state index contributed by atoms with van der Waals surface area (Å²) in [6, 6.07) is 5.40. The van der Waals surface area contributed by atoms with Crippen molar-refractivity contribution in [2.45, 2.75) is 37.9 Å². The first-order valence-corrected chi connectivity index (χ1v) is 10.3. The molecule has 0 unspecified atom stereocenters. The molecular formula is C22H21F3N6O. The molecule has 1 aliphatic carbocycles. The summed E-state index contributed by atoms with van der Waals surface area (Å²) in [6.07, 6.45) is 5.03. The molecule has 4 rings (SSSR count). The average molecular weight is 442 g/mol. The lowest BCUT2D eigenvalue weighted by Gasteiger charge is -2.32. The first-order chi connectivity index (χ1) is 15.3. The molecule has 0 radical (unpaired) electrons. The average Bonchev–Trinajstić information content (AvgIpc) is 3.21. The smallest absolute Gasteiger partial charge is 0.380 e. The van der Waals surface area contributed by atoms with Gasteiger partial charge in [0.15, 0.2) is 0 Å². The molecule has 7 nitrogen and oxygen atoms in total. The summed E-state index contributed by atoms with van der Waals surface area (Å²) < 4.78 is 37.5. The highest BCUT2D eigenvalue weighted by atomic mass is 19.4. The van der Waals surface area contributed by atoms with Crippen molar-refractivity contribution in [3.05, 3.63) is 42.5 Å². The number of carbonyl (C=O) groups excluding carboxylic acids is 1. The van der Waals surface area contributed by atoms with Crippen molar-refractivity contribution in [2.24, 2.45) is 5.92 Å². The van der Waals surface area contributed by atoms with E-state index in [1.54, 1.807) is 24.7 Å². The lowest BCUT2D eigenvalue weighted by atomic mass is 9.83. The summed E-state index contributed by atoms with van der Waals surface area (Å²) >= 11 is 0. The molecule has 3 aromatic rings. The van der Waals surface area contributed by atoms with E-state index in [9.17, 15) is 18.0 Å². The van der Waals surface area contributed by atoms with Crippen LogP contribution >= 0.6 is 0 Å². The number of aromatic amines is 1. The number of hydrogen-bond acceptors (Lipinski definition) is 5. The van der Waals surface area contributed by atoms with Crippen LogP contribution in [-0.4, -0.2) is 39.6 Å². The number of fused-ring (bicyclic) bond motifs is 1. The van der Waals surface area contributed by atoms with E-state index in [4.69, 9.17) is 5.26 Å². The predicted molar refractivity (Wildman–Crippen MR) is 112 cm³/mol. The van der Waals surface area contributed by atoms with Gasteiger partial charge >= 0.3 is 6.18 Å². The summed E-state index contributed by atoms with van der Waals surface area (Å²) in [5, 5.41) is 15.3. The minimum atomic E-state index is -4.44. The van der Waals surface area contributed by atoms with Gasteiger partial charge in [0.05, 0.1) is 17.2 Å². The highest BCUT2D eigenvalue weighted by molar-refractivity contribution is 5.94. The van der Waals surface area contributed by atoms with Crippen molar-refractivity contribution in [3.8, 4) is 17.2 Å². The number of rotatable bonds is 5. The molecule has 0 saturated heterocycles. The second kappa shape index (κ2) is 8.86. The lowest BCUT2D eigenvalue weighted by Crippen LogP contribution is -2.45. The Balaban J connectivity index is 1.54. The van der Waals surface area contributed by atoms with Crippen molar-refractivity contribution < 1.29 is 18.0 Å². The molecule has 32 heavy (non-hydrogen) atoms. The van der Waals surface area contributed by atoms with Crippen LogP contribution in [0.15, 0.2) is 36.9 Å². The summed E-state index contributed by atoms with van der Waals surface area (Å²) in [6.45, 7) is -1.33. The first-order valence-electron chi connectivity index (χ1n) is 10.3. The van der Waals surface area contributed by atoms with Crippen LogP contribution in [0.1, 0.15) is 31.2 Å². The van der Waals surface area contributed by atoms with Gasteiger partial charge in [-0.15, -0.1) is 0 Å². The summed E-state index contributed by atoms with van der Waals surface area (Å²) in [4.78, 5) is 24.0. The van der Waals surface area contributed by atoms with Gasteiger partial charge in [0.1, 0.15) is 18.3 Å². The van der Waals surface area contributed by atoms with E-state index in [-0.39, 0.29) is 6.04 Å². The van der Waals surface area contributed by atoms with Gasteiger partial charge in [-0.3, -0.25) is 9.78 Å². The number of H-pyrrole nitrogens is 1. The molecule has 0 aliphatic heterocycles. The van der Waals surface area contributed by atoms with Crippen LogP contribution in [0.3, 0.4) is 0 Å². The number of halogens is 3. The van der Waals surface area contributed by atoms with Gasteiger partial charge in [-0.1, -0.05) is 12.8 Å². The molecule has 166 valence electrons. The monoisotopic (exact) mass is 442 g/mol. The van der Waals surface area contributed by atoms with Crippen LogP contribution in [0.2, 0.25) is 0 Å². The Morgan fingerprint density at radius 3 is 2.81 bits per heavy atom. The van der Waals surface area contributed by atoms with Gasteiger partial charge in [-0.25, -0.2) is 4.98 Å². The normalized spacial score (nSPS) is 18.8. The maximum atomic E-state index is 12.5. The van der Waals surface area contributed by atoms with Gasteiger partial charge in [0.25, 0.3) is 0 Å². The summed E-state index contributed by atoms with van der Waals surface area (Å²) in [7, 11) is 0. The van der Waals surface area contributed by atoms with Crippen LogP contribution < -0.4 is 10.6 Å². The molecule has 1 fully saturated rings. The van der Waals surface area contributed by atoms with Crippen LogP contribution in [0.4, 0.5) is 18.9 Å². The molecule has 2 atom stereocenters. The van der Waals surface area contributed by atoms with Crippen LogP contribution in [0, 0.1) is 17.2 Å². The van der Waals surface area contributed by atoms with E-state index in [2.05, 4.69) is 26.3 Å². The number of alkyl halides is 3. The highest BCUT2D eigenvalue weighted by Gasteiger charge is 2.34. The number of carbonyl (C=O) groups is 1. The van der Waals surface area contributed by atoms with Crippen LogP contribution in [0.5, 0.6) is 0 Å². The molecule has 3 heterocycles. The number of nitrogens with one attached hydrogen (secondary N) is 3. The van der Waals surface area contributed by atoms with Crippen molar-refractivity contribution in [2.75, 3.05) is 11.9 Å². The quantitative estimate of drug-likeness (QED) is 0.551. The summed E-state index contributed by atoms with van der Waals surface area (Å²) in [5.74, 6) is -1.14. The van der Waals surface area contributed by atoms with E-state index in [1.807, 2.05) is 11.4 Å². The fourth-order valence-corrected chi connectivity index (χ4v) is 4.12. The number of nitriles is 1. The molecule has 0 bridgehead atoms. The molecule has 1 saturated carbocycles. The van der Waals surface area contributed by atoms with E-state index < -0.39 is 24.5 Å². The largest absolute Gasteiger partial charge is 0.405 e. The van der Waals surface area contributed by atoms with E-state index in [0.717, 1.165) is 29.4 Å². The standard InChI is InChI=1S/C22H21F3N6O/c23-22(24,25)12-30-21(32)16-3-1-2-4-19(16)31-15-6-14(9-27-10-15)18-11-29-20-17(18)5-13(7-26)8-28-20/h5-6,8-11,16,19,31H,1-4,12H2,(H,28,29)(H,30,32)/t16-,19+/m0/s1. The van der Waals surface area contributed by atoms with E-state index >= 15 is 0 Å². The third-order valence-electron chi connectivity index (χ3n) is 5.63. The molecule has 1 aliphatic rings. The topological polar surface area (TPSA) is 106 Å². The third kappa shape index (κ3) is 4.82. The van der Waals surface area contributed by atoms with Gasteiger partial charge in [-0.2, -0.15) is 18.4 Å². The van der Waals surface area contributed by atoms with Crippen LogP contribution in [-0.2, 0) is 4.79 Å². The zero-order valence-electron chi connectivity index (χ0n) is 17.0. The Bertz CT molecular complexity index is 1170. The number of amides is 1. The minimum Gasteiger partial charge on any atom is -0.380 e. The number of anilines is 1. The number of nitrogens with zero attached hydrogens (tertiary/aromatic N) is 3. The van der Waals surface area contributed by atoms with Gasteiger partial charge in [0, 0.05) is 47.3 Å². The van der Waals surface area contributed by atoms with Crippen LogP contribution in [0.25, 0.3) is 22.2 Å². The van der Waals surface area contributed by atoms with Crippen molar-refractivity contribution in [1.82, 2.24) is 20.3 Å². The zero-order valence-corrected chi connectivity index (χ0v) is 17.0. The second-order valence-corrected chi connectivity index (χ2v) is 7.87. The van der Waals surface area contributed by atoms with Crippen molar-refractivity contribution in [1.29, 1.82) is 5.26 Å². The maximum absolute atomic E-state index is 12.5. The van der Waals surface area contributed by atoms with Gasteiger partial charge in [-0.05, 0) is 25.0 Å². The summed E-state index contributed by atoms with van der Waals surface area (Å²) in [5.41, 5.74) is 3.36. The zero-order chi connectivity index (χ0) is 22.7. The second-order valence-electron chi connectivity index (χ2n) is 7.87. The fraction of sp³-hybridized carbons (Fsp3) is 0.364.